The van der Waals surface area contributed by atoms with E-state index in [4.69, 9.17) is 11.6 Å². The van der Waals surface area contributed by atoms with E-state index in [-0.39, 0.29) is 0 Å². The SMILES string of the molecule is Cc1ccccc1CNc1cnnc(NCCc2ccc(Cl)cc2)n1. The molecule has 1 heterocycles. The number of aromatic nitrogens is 3. The molecule has 0 saturated carbocycles. The molecule has 0 aliphatic carbocycles. The summed E-state index contributed by atoms with van der Waals surface area (Å²) in [7, 11) is 0. The number of aryl methyl sites for hydroxylation is 1. The van der Waals surface area contributed by atoms with Crippen LogP contribution < -0.4 is 10.6 Å². The van der Waals surface area contributed by atoms with Gasteiger partial charge in [0.2, 0.25) is 5.95 Å². The summed E-state index contributed by atoms with van der Waals surface area (Å²) >= 11 is 5.89. The molecule has 0 spiro atoms. The summed E-state index contributed by atoms with van der Waals surface area (Å²) in [6.45, 7) is 3.53. The van der Waals surface area contributed by atoms with E-state index >= 15 is 0 Å². The van der Waals surface area contributed by atoms with Crippen LogP contribution in [0.2, 0.25) is 5.02 Å². The summed E-state index contributed by atoms with van der Waals surface area (Å²) < 4.78 is 0. The predicted molar refractivity (Wildman–Crippen MR) is 102 cm³/mol. The Kier molecular flexibility index (Phi) is 5.80. The van der Waals surface area contributed by atoms with Gasteiger partial charge in [-0.25, -0.2) is 0 Å². The first-order valence-corrected chi connectivity index (χ1v) is 8.55. The molecule has 0 radical (unpaired) electrons. The quantitative estimate of drug-likeness (QED) is 0.669. The van der Waals surface area contributed by atoms with Gasteiger partial charge in [-0.15, -0.1) is 5.10 Å². The van der Waals surface area contributed by atoms with Gasteiger partial charge in [-0.1, -0.05) is 48.0 Å². The fourth-order valence-electron chi connectivity index (χ4n) is 2.43. The largest absolute Gasteiger partial charge is 0.365 e. The van der Waals surface area contributed by atoms with E-state index in [2.05, 4.69) is 44.9 Å². The molecule has 5 nitrogen and oxygen atoms in total. The van der Waals surface area contributed by atoms with Crippen molar-refractivity contribution in [1.29, 1.82) is 0 Å². The summed E-state index contributed by atoms with van der Waals surface area (Å²) in [4.78, 5) is 4.45. The van der Waals surface area contributed by atoms with Gasteiger partial charge in [-0.3, -0.25) is 0 Å². The van der Waals surface area contributed by atoms with Crippen LogP contribution in [0, 0.1) is 6.92 Å². The molecule has 0 bridgehead atoms. The molecule has 0 aliphatic heterocycles. The van der Waals surface area contributed by atoms with Crippen molar-refractivity contribution < 1.29 is 0 Å². The number of benzene rings is 2. The molecule has 0 fully saturated rings. The molecule has 2 N–H and O–H groups in total. The Morgan fingerprint density at radius 1 is 1.00 bits per heavy atom. The van der Waals surface area contributed by atoms with Gasteiger partial charge in [0.15, 0.2) is 5.82 Å². The average molecular weight is 354 g/mol. The third-order valence-corrected chi connectivity index (χ3v) is 4.14. The highest BCUT2D eigenvalue weighted by Gasteiger charge is 2.02. The van der Waals surface area contributed by atoms with Crippen LogP contribution in [0.25, 0.3) is 0 Å². The maximum Gasteiger partial charge on any atom is 0.244 e. The highest BCUT2D eigenvalue weighted by molar-refractivity contribution is 6.30. The fourth-order valence-corrected chi connectivity index (χ4v) is 2.55. The lowest BCUT2D eigenvalue weighted by Crippen LogP contribution is -2.11. The number of nitrogens with one attached hydrogen (secondary N) is 2. The first-order valence-electron chi connectivity index (χ1n) is 8.17. The minimum atomic E-state index is 0.517. The number of hydrogen-bond acceptors (Lipinski definition) is 5. The molecule has 128 valence electrons. The van der Waals surface area contributed by atoms with Gasteiger partial charge in [-0.05, 0) is 42.2 Å². The van der Waals surface area contributed by atoms with Crippen LogP contribution in [0.4, 0.5) is 11.8 Å². The second-order valence-corrected chi connectivity index (χ2v) is 6.18. The fraction of sp³-hybridized carbons (Fsp3) is 0.211. The van der Waals surface area contributed by atoms with Crippen molar-refractivity contribution >= 4 is 23.4 Å². The Labute approximate surface area is 152 Å². The van der Waals surface area contributed by atoms with Gasteiger partial charge < -0.3 is 10.6 Å². The number of anilines is 2. The topological polar surface area (TPSA) is 62.7 Å². The Balaban J connectivity index is 1.52. The van der Waals surface area contributed by atoms with Crippen LogP contribution in [0.1, 0.15) is 16.7 Å². The lowest BCUT2D eigenvalue weighted by atomic mass is 10.1. The first-order chi connectivity index (χ1) is 12.2. The highest BCUT2D eigenvalue weighted by atomic mass is 35.5. The standard InChI is InChI=1S/C19H20ClN5/c1-14-4-2-3-5-16(14)12-22-18-13-23-25-19(24-18)21-11-10-15-6-8-17(20)9-7-15/h2-9,13H,10-12H2,1H3,(H2,21,22,24,25). The number of nitrogens with zero attached hydrogens (tertiary/aromatic N) is 3. The maximum absolute atomic E-state index is 5.89. The highest BCUT2D eigenvalue weighted by Crippen LogP contribution is 2.12. The Morgan fingerprint density at radius 3 is 2.60 bits per heavy atom. The Morgan fingerprint density at radius 2 is 1.80 bits per heavy atom. The van der Waals surface area contributed by atoms with Crippen molar-refractivity contribution in [1.82, 2.24) is 15.2 Å². The first kappa shape index (κ1) is 17.2. The molecular weight excluding hydrogens is 334 g/mol. The van der Waals surface area contributed by atoms with Crippen molar-refractivity contribution in [2.75, 3.05) is 17.2 Å². The van der Waals surface area contributed by atoms with E-state index in [1.807, 2.05) is 36.4 Å². The number of rotatable bonds is 7. The second kappa shape index (κ2) is 8.44. The molecule has 3 aromatic rings. The smallest absolute Gasteiger partial charge is 0.244 e. The monoisotopic (exact) mass is 353 g/mol. The van der Waals surface area contributed by atoms with E-state index in [0.717, 1.165) is 18.0 Å². The van der Waals surface area contributed by atoms with Crippen molar-refractivity contribution in [3.05, 3.63) is 76.4 Å². The summed E-state index contributed by atoms with van der Waals surface area (Å²) in [5.74, 6) is 1.22. The molecular formula is C19H20ClN5. The predicted octanol–water partition coefficient (Wildman–Crippen LogP) is 4.10. The molecule has 6 heteroatoms. The third kappa shape index (κ3) is 5.16. The van der Waals surface area contributed by atoms with Crippen molar-refractivity contribution in [3.63, 3.8) is 0 Å². The van der Waals surface area contributed by atoms with Gasteiger partial charge in [0.25, 0.3) is 0 Å². The van der Waals surface area contributed by atoms with Gasteiger partial charge in [0.1, 0.15) is 0 Å². The number of hydrogen-bond donors (Lipinski definition) is 2. The van der Waals surface area contributed by atoms with Crippen LogP contribution >= 0.6 is 11.6 Å². The minimum absolute atomic E-state index is 0.517. The minimum Gasteiger partial charge on any atom is -0.365 e. The number of halogens is 1. The molecule has 0 atom stereocenters. The molecule has 25 heavy (non-hydrogen) atoms. The molecule has 0 unspecified atom stereocenters. The molecule has 0 aliphatic rings. The van der Waals surface area contributed by atoms with Gasteiger partial charge in [0, 0.05) is 18.1 Å². The van der Waals surface area contributed by atoms with E-state index in [1.54, 1.807) is 6.20 Å². The average Bonchev–Trinajstić information content (AvgIpc) is 2.63. The zero-order chi connectivity index (χ0) is 17.5. The van der Waals surface area contributed by atoms with Gasteiger partial charge in [0.05, 0.1) is 6.20 Å². The zero-order valence-electron chi connectivity index (χ0n) is 14.0. The van der Waals surface area contributed by atoms with Crippen LogP contribution in [-0.4, -0.2) is 21.7 Å². The summed E-state index contributed by atoms with van der Waals surface area (Å²) in [5, 5.41) is 15.3. The van der Waals surface area contributed by atoms with E-state index in [9.17, 15) is 0 Å². The van der Waals surface area contributed by atoms with Crippen LogP contribution in [0.15, 0.2) is 54.7 Å². The lowest BCUT2D eigenvalue weighted by molar-refractivity contribution is 0.920. The van der Waals surface area contributed by atoms with E-state index in [1.165, 1.54) is 16.7 Å². The second-order valence-electron chi connectivity index (χ2n) is 5.75. The van der Waals surface area contributed by atoms with E-state index in [0.29, 0.717) is 18.3 Å². The summed E-state index contributed by atoms with van der Waals surface area (Å²) in [6.07, 6.45) is 2.49. The van der Waals surface area contributed by atoms with Crippen LogP contribution in [-0.2, 0) is 13.0 Å². The zero-order valence-corrected chi connectivity index (χ0v) is 14.8. The molecule has 1 aromatic heterocycles. The Bertz CT molecular complexity index is 820. The third-order valence-electron chi connectivity index (χ3n) is 3.89. The Hall–Kier alpha value is -2.66. The van der Waals surface area contributed by atoms with Gasteiger partial charge >= 0.3 is 0 Å². The van der Waals surface area contributed by atoms with Gasteiger partial charge in [-0.2, -0.15) is 10.1 Å². The normalized spacial score (nSPS) is 10.5. The van der Waals surface area contributed by atoms with Crippen LogP contribution in [0.5, 0.6) is 0 Å². The van der Waals surface area contributed by atoms with Crippen LogP contribution in [0.3, 0.4) is 0 Å². The summed E-state index contributed by atoms with van der Waals surface area (Å²) in [6, 6.07) is 16.1. The van der Waals surface area contributed by atoms with Crippen molar-refractivity contribution in [2.24, 2.45) is 0 Å². The van der Waals surface area contributed by atoms with Crippen molar-refractivity contribution in [2.45, 2.75) is 19.9 Å². The molecule has 3 rings (SSSR count). The molecule has 0 amide bonds. The lowest BCUT2D eigenvalue weighted by Gasteiger charge is -2.09. The molecule has 0 saturated heterocycles. The summed E-state index contributed by atoms with van der Waals surface area (Å²) in [5.41, 5.74) is 3.69. The molecule has 2 aromatic carbocycles. The maximum atomic E-state index is 5.89. The van der Waals surface area contributed by atoms with E-state index < -0.39 is 0 Å². The van der Waals surface area contributed by atoms with Crippen molar-refractivity contribution in [3.8, 4) is 0 Å².